The molecule has 1 heterocycles. The van der Waals surface area contributed by atoms with Crippen molar-refractivity contribution in [2.75, 3.05) is 6.61 Å². The smallest absolute Gasteiger partial charge is 0.342 e. The number of cyclic esters (lactones) is 1. The Labute approximate surface area is 132 Å². The van der Waals surface area contributed by atoms with E-state index < -0.39 is 8.07 Å². The predicted molar refractivity (Wildman–Crippen MR) is 88.5 cm³/mol. The molecule has 0 amide bonds. The molecule has 0 saturated heterocycles. The molecule has 0 aliphatic carbocycles. The Kier molecular flexibility index (Phi) is 4.75. The van der Waals surface area contributed by atoms with Gasteiger partial charge in [0.15, 0.2) is 0 Å². The lowest BCUT2D eigenvalue weighted by Gasteiger charge is -2.20. The Morgan fingerprint density at radius 2 is 1.91 bits per heavy atom. The SMILES string of the molecule is Cc1c(C)c2c(c(OCC[Si](C)(C)C)c1CC=O)C(=O)OC2. The zero-order valence-electron chi connectivity index (χ0n) is 14.0. The topological polar surface area (TPSA) is 52.6 Å². The van der Waals surface area contributed by atoms with Crippen molar-refractivity contribution in [3.8, 4) is 5.75 Å². The first-order chi connectivity index (χ1) is 10.3. The highest BCUT2D eigenvalue weighted by Crippen LogP contribution is 2.38. The van der Waals surface area contributed by atoms with Crippen molar-refractivity contribution >= 4 is 20.3 Å². The molecule has 5 heteroatoms. The monoisotopic (exact) mass is 320 g/mol. The largest absolute Gasteiger partial charge is 0.493 e. The lowest BCUT2D eigenvalue weighted by Crippen LogP contribution is -2.23. The third kappa shape index (κ3) is 3.24. The summed E-state index contributed by atoms with van der Waals surface area (Å²) in [5.41, 5.74) is 4.29. The maximum Gasteiger partial charge on any atom is 0.342 e. The molecule has 1 aliphatic heterocycles. The quantitative estimate of drug-likeness (QED) is 0.458. The lowest BCUT2D eigenvalue weighted by molar-refractivity contribution is -0.107. The molecule has 0 unspecified atom stereocenters. The number of benzene rings is 1. The van der Waals surface area contributed by atoms with Crippen LogP contribution in [-0.2, 0) is 22.6 Å². The number of carbonyl (C=O) groups excluding carboxylic acids is 2. The van der Waals surface area contributed by atoms with Crippen molar-refractivity contribution in [1.29, 1.82) is 0 Å². The van der Waals surface area contributed by atoms with E-state index in [4.69, 9.17) is 9.47 Å². The molecule has 120 valence electrons. The average molecular weight is 320 g/mol. The van der Waals surface area contributed by atoms with Gasteiger partial charge in [-0.15, -0.1) is 0 Å². The second-order valence-corrected chi connectivity index (χ2v) is 12.6. The Bertz CT molecular complexity index is 614. The van der Waals surface area contributed by atoms with Gasteiger partial charge >= 0.3 is 5.97 Å². The van der Waals surface area contributed by atoms with Crippen molar-refractivity contribution < 1.29 is 19.1 Å². The number of esters is 1. The van der Waals surface area contributed by atoms with E-state index in [1.165, 1.54) is 0 Å². The van der Waals surface area contributed by atoms with Crippen LogP contribution in [0.3, 0.4) is 0 Å². The highest BCUT2D eigenvalue weighted by atomic mass is 28.3. The van der Waals surface area contributed by atoms with Gasteiger partial charge < -0.3 is 14.3 Å². The van der Waals surface area contributed by atoms with Crippen LogP contribution in [0.2, 0.25) is 25.7 Å². The molecule has 0 N–H and O–H groups in total. The maximum absolute atomic E-state index is 12.1. The van der Waals surface area contributed by atoms with Crippen LogP contribution in [0, 0.1) is 13.8 Å². The molecule has 2 rings (SSSR count). The van der Waals surface area contributed by atoms with Crippen LogP contribution >= 0.6 is 0 Å². The first-order valence-electron chi connectivity index (χ1n) is 7.64. The fraction of sp³-hybridized carbons (Fsp3) is 0.529. The molecule has 0 aromatic heterocycles. The Morgan fingerprint density at radius 1 is 1.23 bits per heavy atom. The number of hydrogen-bond donors (Lipinski definition) is 0. The average Bonchev–Trinajstić information content (AvgIpc) is 2.80. The van der Waals surface area contributed by atoms with Gasteiger partial charge in [-0.05, 0) is 31.0 Å². The minimum Gasteiger partial charge on any atom is -0.493 e. The summed E-state index contributed by atoms with van der Waals surface area (Å²) in [4.78, 5) is 23.1. The number of ether oxygens (including phenoxy) is 2. The standard InChI is InChI=1S/C17H24O4Si/c1-11-12(2)14-10-21-17(19)15(14)16(13(11)6-7-18)20-8-9-22(3,4)5/h7H,6,8-10H2,1-5H3. The third-order valence-corrected chi connectivity index (χ3v) is 5.91. The van der Waals surface area contributed by atoms with E-state index in [9.17, 15) is 9.59 Å². The summed E-state index contributed by atoms with van der Waals surface area (Å²) in [5, 5.41) is 0. The number of hydrogen-bond acceptors (Lipinski definition) is 4. The summed E-state index contributed by atoms with van der Waals surface area (Å²) < 4.78 is 11.2. The van der Waals surface area contributed by atoms with E-state index in [0.717, 1.165) is 34.6 Å². The van der Waals surface area contributed by atoms with Crippen molar-refractivity contribution in [3.63, 3.8) is 0 Å². The van der Waals surface area contributed by atoms with E-state index >= 15 is 0 Å². The molecular formula is C17H24O4Si. The highest BCUT2D eigenvalue weighted by molar-refractivity contribution is 6.76. The first-order valence-corrected chi connectivity index (χ1v) is 11.4. The highest BCUT2D eigenvalue weighted by Gasteiger charge is 2.31. The normalized spacial score (nSPS) is 13.8. The van der Waals surface area contributed by atoms with Crippen LogP contribution < -0.4 is 4.74 Å². The van der Waals surface area contributed by atoms with Gasteiger partial charge in [-0.3, -0.25) is 0 Å². The molecule has 0 bridgehead atoms. The van der Waals surface area contributed by atoms with Crippen molar-refractivity contribution in [2.45, 2.75) is 52.6 Å². The summed E-state index contributed by atoms with van der Waals surface area (Å²) in [5.74, 6) is 0.221. The maximum atomic E-state index is 12.1. The summed E-state index contributed by atoms with van der Waals surface area (Å²) in [6, 6.07) is 1.00. The number of aldehydes is 1. The second-order valence-electron chi connectivity index (χ2n) is 7.02. The van der Waals surface area contributed by atoms with Gasteiger partial charge in [0, 0.05) is 25.6 Å². The molecule has 0 atom stereocenters. The zero-order chi connectivity index (χ0) is 16.5. The van der Waals surface area contributed by atoms with Crippen molar-refractivity contribution in [3.05, 3.63) is 27.8 Å². The van der Waals surface area contributed by atoms with Crippen molar-refractivity contribution in [1.82, 2.24) is 0 Å². The van der Waals surface area contributed by atoms with Crippen LogP contribution in [-0.4, -0.2) is 26.9 Å². The molecule has 0 radical (unpaired) electrons. The van der Waals surface area contributed by atoms with Gasteiger partial charge in [0.05, 0.1) is 6.61 Å². The summed E-state index contributed by atoms with van der Waals surface area (Å²) >= 11 is 0. The van der Waals surface area contributed by atoms with Gasteiger partial charge in [-0.2, -0.15) is 0 Å². The Hall–Kier alpha value is -1.62. The molecular weight excluding hydrogens is 296 g/mol. The molecule has 1 aromatic rings. The molecule has 0 spiro atoms. The van der Waals surface area contributed by atoms with Gasteiger partial charge in [0.25, 0.3) is 0 Å². The second kappa shape index (κ2) is 6.24. The fourth-order valence-corrected chi connectivity index (χ4v) is 3.37. The van der Waals surface area contributed by atoms with E-state index in [0.29, 0.717) is 24.5 Å². The Balaban J connectivity index is 2.45. The minimum atomic E-state index is -1.22. The van der Waals surface area contributed by atoms with Crippen LogP contribution in [0.5, 0.6) is 5.75 Å². The first kappa shape index (κ1) is 16.7. The fourth-order valence-electron chi connectivity index (χ4n) is 2.65. The van der Waals surface area contributed by atoms with Gasteiger partial charge in [-0.25, -0.2) is 4.79 Å². The zero-order valence-corrected chi connectivity index (χ0v) is 15.0. The number of carbonyl (C=O) groups is 2. The molecule has 0 fully saturated rings. The van der Waals surface area contributed by atoms with E-state index in [1.54, 1.807) is 0 Å². The molecule has 1 aliphatic rings. The van der Waals surface area contributed by atoms with Gasteiger partial charge in [0.2, 0.25) is 0 Å². The third-order valence-electron chi connectivity index (χ3n) is 4.21. The lowest BCUT2D eigenvalue weighted by atomic mass is 9.92. The van der Waals surface area contributed by atoms with E-state index in [-0.39, 0.29) is 12.4 Å². The Morgan fingerprint density at radius 3 is 2.50 bits per heavy atom. The van der Waals surface area contributed by atoms with E-state index in [1.807, 2.05) is 13.8 Å². The van der Waals surface area contributed by atoms with Crippen LogP contribution in [0.4, 0.5) is 0 Å². The molecule has 22 heavy (non-hydrogen) atoms. The summed E-state index contributed by atoms with van der Waals surface area (Å²) in [6.07, 6.45) is 1.12. The molecule has 4 nitrogen and oxygen atoms in total. The predicted octanol–water partition coefficient (Wildman–Crippen LogP) is 3.43. The summed E-state index contributed by atoms with van der Waals surface area (Å²) in [7, 11) is -1.22. The van der Waals surface area contributed by atoms with Gasteiger partial charge in [-0.1, -0.05) is 19.6 Å². The van der Waals surface area contributed by atoms with Gasteiger partial charge in [0.1, 0.15) is 24.2 Å². The summed E-state index contributed by atoms with van der Waals surface area (Å²) in [6.45, 7) is 11.7. The van der Waals surface area contributed by atoms with Crippen LogP contribution in [0.15, 0.2) is 0 Å². The molecule has 1 aromatic carbocycles. The number of fused-ring (bicyclic) bond motifs is 1. The van der Waals surface area contributed by atoms with Crippen molar-refractivity contribution in [2.24, 2.45) is 0 Å². The van der Waals surface area contributed by atoms with E-state index in [2.05, 4.69) is 19.6 Å². The van der Waals surface area contributed by atoms with Crippen LogP contribution in [0.25, 0.3) is 0 Å². The molecule has 0 saturated carbocycles. The van der Waals surface area contributed by atoms with Crippen LogP contribution in [0.1, 0.15) is 32.6 Å². The number of rotatable bonds is 6. The minimum absolute atomic E-state index is 0.259.